The monoisotopic (exact) mass is 636 g/mol. The molecule has 2 saturated carbocycles. The molecular formula is C36H52N4O6. The number of Topliss-reactive ketones (excluding diaryl/α,β-unsaturated/α-hetero) is 3. The minimum Gasteiger partial charge on any atom is -0.363 e. The molecule has 2 aliphatic carbocycles. The van der Waals surface area contributed by atoms with Gasteiger partial charge in [-0.25, -0.2) is 4.79 Å². The third-order valence-electron chi connectivity index (χ3n) is 10.4. The van der Waals surface area contributed by atoms with E-state index in [1.54, 1.807) is 4.90 Å². The van der Waals surface area contributed by atoms with Gasteiger partial charge in [0, 0.05) is 37.8 Å². The van der Waals surface area contributed by atoms with Crippen LogP contribution >= 0.6 is 0 Å². The van der Waals surface area contributed by atoms with Gasteiger partial charge in [0.25, 0.3) is 5.91 Å². The van der Waals surface area contributed by atoms with Crippen molar-refractivity contribution in [1.82, 2.24) is 15.5 Å². The molecule has 1 aromatic rings. The number of urea groups is 1. The van der Waals surface area contributed by atoms with Crippen LogP contribution in [0.15, 0.2) is 30.3 Å². The van der Waals surface area contributed by atoms with Gasteiger partial charge in [-0.15, -0.1) is 0 Å². The molecule has 1 aliphatic heterocycles. The SMILES string of the molecule is CC(C)[C@@H](CC(=O)Cc1ccccc1)NC(=O)N[C@H](C(=O)N1C[C@H]2[C@@H]([C@H]1C(=O)CC(CC1CC1)C(=O)C(N)=O)C2(C)C)C(C)(C)C. The molecule has 1 saturated heterocycles. The highest BCUT2D eigenvalue weighted by Gasteiger charge is 2.69. The molecule has 46 heavy (non-hydrogen) atoms. The maximum Gasteiger partial charge on any atom is 0.315 e. The third-order valence-corrected chi connectivity index (χ3v) is 10.4. The molecule has 0 bridgehead atoms. The van der Waals surface area contributed by atoms with Crippen molar-refractivity contribution in [2.75, 3.05) is 6.54 Å². The Labute approximate surface area is 273 Å². The molecule has 0 aromatic heterocycles. The van der Waals surface area contributed by atoms with Gasteiger partial charge in [0.2, 0.25) is 11.7 Å². The van der Waals surface area contributed by atoms with Gasteiger partial charge in [0.1, 0.15) is 11.8 Å². The van der Waals surface area contributed by atoms with Crippen molar-refractivity contribution in [2.24, 2.45) is 46.2 Å². The van der Waals surface area contributed by atoms with Gasteiger partial charge >= 0.3 is 6.03 Å². The van der Waals surface area contributed by atoms with Crippen molar-refractivity contribution >= 4 is 35.2 Å². The first-order valence-corrected chi connectivity index (χ1v) is 16.7. The molecule has 1 aromatic carbocycles. The number of nitrogens with two attached hydrogens (primary N) is 1. The fourth-order valence-electron chi connectivity index (χ4n) is 7.24. The van der Waals surface area contributed by atoms with Crippen LogP contribution in [0.25, 0.3) is 0 Å². The number of amides is 4. The van der Waals surface area contributed by atoms with Gasteiger partial charge in [-0.2, -0.15) is 0 Å². The summed E-state index contributed by atoms with van der Waals surface area (Å²) in [6.45, 7) is 14.0. The molecule has 1 unspecified atom stereocenters. The number of piperidine rings is 1. The number of ketones is 3. The average Bonchev–Trinajstić information content (AvgIpc) is 3.81. The number of benzene rings is 1. The van der Waals surface area contributed by atoms with Gasteiger partial charge in [0.15, 0.2) is 5.78 Å². The lowest BCUT2D eigenvalue weighted by Gasteiger charge is -2.38. The molecule has 0 spiro atoms. The number of carbonyl (C=O) groups excluding carboxylic acids is 6. The van der Waals surface area contributed by atoms with E-state index < -0.39 is 47.2 Å². The van der Waals surface area contributed by atoms with Gasteiger partial charge < -0.3 is 21.3 Å². The number of fused-ring (bicyclic) bond motifs is 1. The van der Waals surface area contributed by atoms with E-state index in [-0.39, 0.29) is 59.9 Å². The van der Waals surface area contributed by atoms with E-state index in [0.717, 1.165) is 18.4 Å². The zero-order valence-electron chi connectivity index (χ0n) is 28.4. The highest BCUT2D eigenvalue weighted by Crippen LogP contribution is 2.65. The number of nitrogens with zero attached hydrogens (tertiary/aromatic N) is 1. The second kappa shape index (κ2) is 13.7. The standard InChI is InChI=1S/C36H52N4O6/c1-20(2)26(18-24(41)16-21-11-9-8-10-12-21)38-34(46)39-31(35(3,4)5)33(45)40-19-25-28(36(25,6)7)29(40)27(42)17-23(15-22-13-14-22)30(43)32(37)44/h8-12,20,22-23,25-26,28-29,31H,13-19H2,1-7H3,(H2,37,44)(H2,38,39,46)/t23?,25-,26+,28-,29+,31+/m0/s1. The Bertz CT molecular complexity index is 1350. The molecule has 6 atom stereocenters. The molecule has 4 N–H and O–H groups in total. The van der Waals surface area contributed by atoms with Crippen molar-refractivity contribution in [3.63, 3.8) is 0 Å². The van der Waals surface area contributed by atoms with Crippen LogP contribution in [0.1, 0.15) is 86.1 Å². The molecule has 1 heterocycles. The predicted octanol–water partition coefficient (Wildman–Crippen LogP) is 3.84. The van der Waals surface area contributed by atoms with Crippen LogP contribution in [-0.4, -0.2) is 64.8 Å². The Morgan fingerprint density at radius 1 is 0.978 bits per heavy atom. The first-order chi connectivity index (χ1) is 21.4. The lowest BCUT2D eigenvalue weighted by atomic mass is 9.84. The summed E-state index contributed by atoms with van der Waals surface area (Å²) in [5.74, 6) is -2.80. The van der Waals surface area contributed by atoms with Crippen molar-refractivity contribution in [1.29, 1.82) is 0 Å². The van der Waals surface area contributed by atoms with Crippen LogP contribution in [0.3, 0.4) is 0 Å². The summed E-state index contributed by atoms with van der Waals surface area (Å²) in [5.41, 5.74) is 5.40. The summed E-state index contributed by atoms with van der Waals surface area (Å²) in [6, 6.07) is 6.76. The smallest absolute Gasteiger partial charge is 0.315 e. The molecule has 3 fully saturated rings. The van der Waals surface area contributed by atoms with Crippen LogP contribution in [0.4, 0.5) is 4.79 Å². The third kappa shape index (κ3) is 8.23. The largest absolute Gasteiger partial charge is 0.363 e. The van der Waals surface area contributed by atoms with E-state index in [4.69, 9.17) is 5.73 Å². The van der Waals surface area contributed by atoms with Crippen molar-refractivity contribution in [2.45, 2.75) is 105 Å². The molecule has 10 heteroatoms. The molecule has 0 radical (unpaired) electrons. The van der Waals surface area contributed by atoms with E-state index >= 15 is 0 Å². The second-order valence-electron chi connectivity index (χ2n) is 15.8. The van der Waals surface area contributed by atoms with Crippen LogP contribution in [0.2, 0.25) is 0 Å². The van der Waals surface area contributed by atoms with Crippen LogP contribution < -0.4 is 16.4 Å². The Balaban J connectivity index is 1.47. The van der Waals surface area contributed by atoms with E-state index in [2.05, 4.69) is 24.5 Å². The number of likely N-dealkylation sites (tertiary alicyclic amines) is 1. The minimum atomic E-state index is -1.04. The van der Waals surface area contributed by atoms with Crippen molar-refractivity contribution in [3.05, 3.63) is 35.9 Å². The topological polar surface area (TPSA) is 156 Å². The summed E-state index contributed by atoms with van der Waals surface area (Å²) in [4.78, 5) is 80.5. The lowest BCUT2D eigenvalue weighted by Crippen LogP contribution is -2.60. The van der Waals surface area contributed by atoms with Crippen molar-refractivity contribution < 1.29 is 28.8 Å². The summed E-state index contributed by atoms with van der Waals surface area (Å²) in [6.07, 6.45) is 2.66. The van der Waals surface area contributed by atoms with E-state index in [1.807, 2.05) is 65.0 Å². The number of hydrogen-bond acceptors (Lipinski definition) is 6. The van der Waals surface area contributed by atoms with E-state index in [1.165, 1.54) is 0 Å². The van der Waals surface area contributed by atoms with Gasteiger partial charge in [0.05, 0.1) is 6.04 Å². The molecule has 3 aliphatic rings. The fourth-order valence-corrected chi connectivity index (χ4v) is 7.24. The number of carbonyl (C=O) groups is 6. The summed E-state index contributed by atoms with van der Waals surface area (Å²) >= 11 is 0. The maximum absolute atomic E-state index is 14.3. The summed E-state index contributed by atoms with van der Waals surface area (Å²) in [5, 5.41) is 5.81. The van der Waals surface area contributed by atoms with Gasteiger partial charge in [-0.05, 0) is 46.5 Å². The predicted molar refractivity (Wildman–Crippen MR) is 174 cm³/mol. The lowest BCUT2D eigenvalue weighted by molar-refractivity contribution is -0.144. The van der Waals surface area contributed by atoms with E-state index in [0.29, 0.717) is 18.9 Å². The maximum atomic E-state index is 14.3. The number of hydrogen-bond donors (Lipinski definition) is 3. The quantitative estimate of drug-likeness (QED) is 0.249. The molecule has 4 rings (SSSR count). The average molecular weight is 637 g/mol. The fraction of sp³-hybridized carbons (Fsp3) is 0.667. The number of primary amides is 1. The minimum absolute atomic E-state index is 0.00344. The normalized spacial score (nSPS) is 23.6. The zero-order chi connectivity index (χ0) is 34.1. The van der Waals surface area contributed by atoms with Gasteiger partial charge in [-0.1, -0.05) is 91.6 Å². The summed E-state index contributed by atoms with van der Waals surface area (Å²) in [7, 11) is 0. The Kier molecular flexibility index (Phi) is 10.5. The van der Waals surface area contributed by atoms with E-state index in [9.17, 15) is 28.8 Å². The second-order valence-corrected chi connectivity index (χ2v) is 15.8. The number of rotatable bonds is 15. The first-order valence-electron chi connectivity index (χ1n) is 16.7. The van der Waals surface area contributed by atoms with Crippen molar-refractivity contribution in [3.8, 4) is 0 Å². The Hall–Kier alpha value is -3.56. The highest BCUT2D eigenvalue weighted by atomic mass is 16.2. The highest BCUT2D eigenvalue weighted by molar-refractivity contribution is 6.36. The molecule has 10 nitrogen and oxygen atoms in total. The van der Waals surface area contributed by atoms with Crippen LogP contribution in [-0.2, 0) is 30.4 Å². The Morgan fingerprint density at radius 3 is 2.15 bits per heavy atom. The zero-order valence-corrected chi connectivity index (χ0v) is 28.4. The Morgan fingerprint density at radius 2 is 1.61 bits per heavy atom. The first kappa shape index (κ1) is 35.3. The molecule has 4 amide bonds. The van der Waals surface area contributed by atoms with Crippen LogP contribution in [0.5, 0.6) is 0 Å². The number of nitrogens with one attached hydrogen (secondary N) is 2. The molecular weight excluding hydrogens is 584 g/mol. The molecule has 252 valence electrons. The van der Waals surface area contributed by atoms with Crippen LogP contribution in [0, 0.1) is 40.4 Å². The van der Waals surface area contributed by atoms with Gasteiger partial charge in [-0.3, -0.25) is 24.0 Å². The summed E-state index contributed by atoms with van der Waals surface area (Å²) < 4.78 is 0.